The van der Waals surface area contributed by atoms with E-state index in [4.69, 9.17) is 0 Å². The molecule has 0 aliphatic carbocycles. The average molecular weight is 558 g/mol. The molecule has 0 aliphatic rings. The second-order valence-corrected chi connectivity index (χ2v) is 11.3. The molecule has 0 aliphatic heterocycles. The summed E-state index contributed by atoms with van der Waals surface area (Å²) in [7, 11) is -4.03. The van der Waals surface area contributed by atoms with Crippen LogP contribution in [-0.2, 0) is 32.6 Å². The molecule has 2 atom stereocenters. The Morgan fingerprint density at radius 1 is 0.949 bits per heavy atom. The van der Waals surface area contributed by atoms with Crippen LogP contribution in [0.25, 0.3) is 0 Å². The van der Waals surface area contributed by atoms with Crippen LogP contribution in [0.15, 0.2) is 78.9 Å². The fourth-order valence-electron chi connectivity index (χ4n) is 4.05. The summed E-state index contributed by atoms with van der Waals surface area (Å²) in [6.45, 7) is 2.74. The molecule has 0 radical (unpaired) electrons. The molecule has 7 nitrogen and oxygen atoms in total. The first-order chi connectivity index (χ1) is 18.5. The summed E-state index contributed by atoms with van der Waals surface area (Å²) in [6, 6.07) is 18.5. The van der Waals surface area contributed by atoms with Crippen LogP contribution in [0.4, 0.5) is 14.5 Å². The number of sulfonamides is 1. The van der Waals surface area contributed by atoms with Gasteiger partial charge >= 0.3 is 0 Å². The van der Waals surface area contributed by atoms with Crippen molar-refractivity contribution in [3.63, 3.8) is 0 Å². The van der Waals surface area contributed by atoms with Crippen LogP contribution in [0.5, 0.6) is 0 Å². The van der Waals surface area contributed by atoms with Crippen molar-refractivity contribution < 1.29 is 26.8 Å². The van der Waals surface area contributed by atoms with E-state index in [1.165, 1.54) is 35.2 Å². The summed E-state index contributed by atoms with van der Waals surface area (Å²) in [5.74, 6) is -2.43. The van der Waals surface area contributed by atoms with E-state index in [9.17, 15) is 26.8 Å². The molecule has 0 bridgehead atoms. The maximum absolute atomic E-state index is 14.7. The summed E-state index contributed by atoms with van der Waals surface area (Å²) >= 11 is 0. The Hall–Kier alpha value is -3.79. The van der Waals surface area contributed by atoms with Gasteiger partial charge in [0.15, 0.2) is 0 Å². The lowest BCUT2D eigenvalue weighted by Crippen LogP contribution is -2.54. The monoisotopic (exact) mass is 557 g/mol. The molecule has 10 heteroatoms. The normalized spacial score (nSPS) is 12.8. The molecule has 3 aromatic rings. The minimum Gasteiger partial charge on any atom is -0.352 e. The Morgan fingerprint density at radius 2 is 1.62 bits per heavy atom. The fraction of sp³-hybridized carbons (Fsp3) is 0.310. The summed E-state index contributed by atoms with van der Waals surface area (Å²) in [4.78, 5) is 28.6. The van der Waals surface area contributed by atoms with Gasteiger partial charge in [0.2, 0.25) is 21.8 Å². The molecule has 0 saturated heterocycles. The third kappa shape index (κ3) is 8.35. The van der Waals surface area contributed by atoms with Gasteiger partial charge in [-0.05, 0) is 43.2 Å². The number of anilines is 1. The Morgan fingerprint density at radius 3 is 2.23 bits per heavy atom. The average Bonchev–Trinajstić information content (AvgIpc) is 2.89. The molecule has 2 amide bonds. The van der Waals surface area contributed by atoms with Crippen LogP contribution in [0, 0.1) is 11.6 Å². The summed E-state index contributed by atoms with van der Waals surface area (Å²) in [5, 5.41) is 2.90. The van der Waals surface area contributed by atoms with Crippen molar-refractivity contribution in [3.05, 3.63) is 102 Å². The van der Waals surface area contributed by atoms with Crippen molar-refractivity contribution in [2.75, 3.05) is 17.1 Å². The highest BCUT2D eigenvalue weighted by molar-refractivity contribution is 7.92. The number of hydrogen-bond acceptors (Lipinski definition) is 4. The minimum atomic E-state index is -4.03. The van der Waals surface area contributed by atoms with Crippen LogP contribution in [-0.4, -0.2) is 50.0 Å². The largest absolute Gasteiger partial charge is 0.352 e. The van der Waals surface area contributed by atoms with Crippen molar-refractivity contribution in [2.45, 2.75) is 45.3 Å². The van der Waals surface area contributed by atoms with Crippen LogP contribution >= 0.6 is 0 Å². The number of carbonyl (C=O) groups is 2. The molecule has 0 spiro atoms. The first kappa shape index (κ1) is 29.8. The van der Waals surface area contributed by atoms with E-state index in [-0.39, 0.29) is 30.3 Å². The Bertz CT molecular complexity index is 1390. The molecule has 39 heavy (non-hydrogen) atoms. The predicted molar refractivity (Wildman–Crippen MR) is 147 cm³/mol. The molecule has 3 aromatic carbocycles. The zero-order valence-electron chi connectivity index (χ0n) is 22.2. The van der Waals surface area contributed by atoms with Crippen molar-refractivity contribution in [2.24, 2.45) is 0 Å². The van der Waals surface area contributed by atoms with Gasteiger partial charge in [0.25, 0.3) is 0 Å². The molecular weight excluding hydrogens is 524 g/mol. The molecule has 0 heterocycles. The van der Waals surface area contributed by atoms with Gasteiger partial charge in [-0.15, -0.1) is 0 Å². The molecule has 0 fully saturated rings. The van der Waals surface area contributed by atoms with Gasteiger partial charge in [-0.25, -0.2) is 17.2 Å². The SMILES string of the molecule is CC[C@H](C)NC(=O)[C@H](Cc1ccccc1)N(Cc1ccccc1F)C(=O)CN(c1cccc(F)c1)S(C)(=O)=O. The number of carbonyl (C=O) groups excluding carboxylic acids is 2. The highest BCUT2D eigenvalue weighted by Crippen LogP contribution is 2.22. The van der Waals surface area contributed by atoms with E-state index in [0.29, 0.717) is 6.42 Å². The molecule has 1 N–H and O–H groups in total. The van der Waals surface area contributed by atoms with E-state index in [1.54, 1.807) is 18.2 Å². The van der Waals surface area contributed by atoms with E-state index in [2.05, 4.69) is 5.32 Å². The van der Waals surface area contributed by atoms with Crippen molar-refractivity contribution in [1.29, 1.82) is 0 Å². The van der Waals surface area contributed by atoms with E-state index in [0.717, 1.165) is 28.3 Å². The number of rotatable bonds is 12. The molecule has 0 unspecified atom stereocenters. The van der Waals surface area contributed by atoms with Crippen LogP contribution in [0.1, 0.15) is 31.4 Å². The number of halogens is 2. The van der Waals surface area contributed by atoms with Crippen LogP contribution in [0.2, 0.25) is 0 Å². The van der Waals surface area contributed by atoms with Crippen molar-refractivity contribution in [1.82, 2.24) is 10.2 Å². The number of amides is 2. The van der Waals surface area contributed by atoms with Gasteiger partial charge in [0.05, 0.1) is 11.9 Å². The standard InChI is InChI=1S/C29H33F2N3O4S/c1-4-21(2)32-29(36)27(17-22-11-6-5-7-12-22)33(19-23-13-8-9-16-26(23)31)28(35)20-34(39(3,37)38)25-15-10-14-24(30)18-25/h5-16,18,21,27H,4,17,19-20H2,1-3H3,(H,32,36)/t21-,27-/m0/s1. The first-order valence-corrected chi connectivity index (χ1v) is 14.4. The Labute approximate surface area is 228 Å². The minimum absolute atomic E-state index is 0.0413. The summed E-state index contributed by atoms with van der Waals surface area (Å²) in [5.41, 5.74) is 0.885. The smallest absolute Gasteiger partial charge is 0.244 e. The second kappa shape index (κ2) is 13.3. The van der Waals surface area contributed by atoms with E-state index < -0.39 is 46.1 Å². The maximum atomic E-state index is 14.7. The van der Waals surface area contributed by atoms with Gasteiger partial charge in [0.1, 0.15) is 24.2 Å². The van der Waals surface area contributed by atoms with Crippen molar-refractivity contribution in [3.8, 4) is 0 Å². The van der Waals surface area contributed by atoms with Gasteiger partial charge in [0, 0.05) is 24.6 Å². The van der Waals surface area contributed by atoms with Crippen molar-refractivity contribution >= 4 is 27.5 Å². The fourth-order valence-corrected chi connectivity index (χ4v) is 4.89. The first-order valence-electron chi connectivity index (χ1n) is 12.6. The molecule has 3 rings (SSSR count). The highest BCUT2D eigenvalue weighted by atomic mass is 32.2. The summed E-state index contributed by atoms with van der Waals surface area (Å²) in [6.07, 6.45) is 1.66. The molecule has 208 valence electrons. The number of benzene rings is 3. The molecular formula is C29H33F2N3O4S. The second-order valence-electron chi connectivity index (χ2n) is 9.39. The summed E-state index contributed by atoms with van der Waals surface area (Å²) < 4.78 is 54.9. The van der Waals surface area contributed by atoms with E-state index in [1.807, 2.05) is 32.0 Å². The Kier molecular flexibility index (Phi) is 10.2. The van der Waals surface area contributed by atoms with E-state index >= 15 is 0 Å². The van der Waals surface area contributed by atoms with Crippen LogP contribution < -0.4 is 9.62 Å². The van der Waals surface area contributed by atoms with Crippen LogP contribution in [0.3, 0.4) is 0 Å². The lowest BCUT2D eigenvalue weighted by atomic mass is 10.0. The third-order valence-electron chi connectivity index (χ3n) is 6.35. The maximum Gasteiger partial charge on any atom is 0.244 e. The lowest BCUT2D eigenvalue weighted by Gasteiger charge is -2.34. The molecule has 0 saturated carbocycles. The number of hydrogen-bond donors (Lipinski definition) is 1. The Balaban J connectivity index is 2.07. The number of nitrogens with zero attached hydrogens (tertiary/aromatic N) is 2. The third-order valence-corrected chi connectivity index (χ3v) is 7.49. The van der Waals surface area contributed by atoms with Gasteiger partial charge in [-0.2, -0.15) is 0 Å². The lowest BCUT2D eigenvalue weighted by molar-refractivity contribution is -0.140. The van der Waals surface area contributed by atoms with Gasteiger partial charge in [-0.3, -0.25) is 13.9 Å². The zero-order chi connectivity index (χ0) is 28.6. The zero-order valence-corrected chi connectivity index (χ0v) is 23.0. The highest BCUT2D eigenvalue weighted by Gasteiger charge is 2.33. The predicted octanol–water partition coefficient (Wildman–Crippen LogP) is 4.29. The quantitative estimate of drug-likeness (QED) is 0.360. The molecule has 0 aromatic heterocycles. The number of nitrogens with one attached hydrogen (secondary N) is 1. The topological polar surface area (TPSA) is 86.8 Å². The van der Waals surface area contributed by atoms with Gasteiger partial charge < -0.3 is 10.2 Å². The van der Waals surface area contributed by atoms with Gasteiger partial charge in [-0.1, -0.05) is 61.5 Å².